The minimum absolute atomic E-state index is 0.106. The number of esters is 4. The van der Waals surface area contributed by atoms with Gasteiger partial charge in [-0.3, -0.25) is 37.3 Å². The molecule has 3 N–H and O–H groups in total. The first kappa shape index (κ1) is 104. The van der Waals surface area contributed by atoms with Crippen LogP contribution in [0.5, 0.6) is 0 Å². The van der Waals surface area contributed by atoms with Gasteiger partial charge in [0.05, 0.1) is 26.4 Å². The number of phosphoric ester groups is 2. The number of aliphatic hydroxyl groups is 1. The second-order valence-corrected chi connectivity index (χ2v) is 35.1. The maximum atomic E-state index is 13.2. The molecule has 7 atom stereocenters. The van der Waals surface area contributed by atoms with Crippen molar-refractivity contribution in [2.75, 3.05) is 39.6 Å². The molecule has 0 heterocycles. The Morgan fingerprint density at radius 1 is 0.274 bits per heavy atom. The second-order valence-electron chi connectivity index (χ2n) is 32.2. The van der Waals surface area contributed by atoms with Crippen LogP contribution in [-0.2, 0) is 65.4 Å². The number of carbonyl (C=O) groups excluding carboxylic acids is 4. The molecule has 17 nitrogen and oxygen atoms in total. The molecule has 0 fully saturated rings. The topological polar surface area (TPSA) is 237 Å². The highest BCUT2D eigenvalue weighted by Crippen LogP contribution is 2.45. The third kappa shape index (κ3) is 77.4. The zero-order valence-corrected chi connectivity index (χ0v) is 71.7. The number of ether oxygens (including phenoxy) is 4. The summed E-state index contributed by atoms with van der Waals surface area (Å²) in [5.41, 5.74) is 0. The van der Waals surface area contributed by atoms with Gasteiger partial charge in [0.1, 0.15) is 19.3 Å². The number of phosphoric acid groups is 2. The van der Waals surface area contributed by atoms with Crippen LogP contribution < -0.4 is 0 Å². The molecule has 0 aromatic rings. The first-order valence-electron chi connectivity index (χ1n) is 44.9. The lowest BCUT2D eigenvalue weighted by molar-refractivity contribution is -0.161. The van der Waals surface area contributed by atoms with Gasteiger partial charge in [-0.1, -0.05) is 408 Å². The summed E-state index contributed by atoms with van der Waals surface area (Å²) in [4.78, 5) is 73.3. The fraction of sp³-hybridized carbons (Fsp3) is 0.954. The summed E-state index contributed by atoms with van der Waals surface area (Å²) < 4.78 is 68.9. The van der Waals surface area contributed by atoms with E-state index < -0.39 is 97.5 Å². The molecular formula is C87H170O17P2. The van der Waals surface area contributed by atoms with Crippen molar-refractivity contribution in [2.45, 2.75) is 478 Å². The highest BCUT2D eigenvalue weighted by Gasteiger charge is 2.31. The van der Waals surface area contributed by atoms with Crippen LogP contribution in [0.15, 0.2) is 0 Å². The Hall–Kier alpha value is -1.94. The van der Waals surface area contributed by atoms with Gasteiger partial charge in [0.25, 0.3) is 0 Å². The van der Waals surface area contributed by atoms with E-state index in [-0.39, 0.29) is 25.7 Å². The molecule has 106 heavy (non-hydrogen) atoms. The van der Waals surface area contributed by atoms with Crippen molar-refractivity contribution in [3.8, 4) is 0 Å². The minimum Gasteiger partial charge on any atom is -0.462 e. The van der Waals surface area contributed by atoms with Gasteiger partial charge in [-0.25, -0.2) is 9.13 Å². The lowest BCUT2D eigenvalue weighted by Gasteiger charge is -2.21. The lowest BCUT2D eigenvalue weighted by Crippen LogP contribution is -2.30. The SMILES string of the molecule is CCCCCCCCCCCCCCCCCCCCCC(=O)OC[C@H](COP(=O)(O)OC[C@@H](O)COP(=O)(O)OC[C@@H](COC(=O)CCCCCCCCCCC(C)CC)OC(=O)CCCCCCCCCCCCC(C)CC)OC(=O)CCCCCCCCCCCCCCCCCCCCC(C)C. The smallest absolute Gasteiger partial charge is 0.462 e. The van der Waals surface area contributed by atoms with Crippen molar-refractivity contribution in [1.82, 2.24) is 0 Å². The number of rotatable bonds is 85. The van der Waals surface area contributed by atoms with Gasteiger partial charge in [-0.05, 0) is 43.4 Å². The molecule has 0 aromatic heterocycles. The van der Waals surface area contributed by atoms with Gasteiger partial charge in [0.15, 0.2) is 12.2 Å². The molecule has 0 radical (unpaired) electrons. The van der Waals surface area contributed by atoms with Crippen molar-refractivity contribution in [3.05, 3.63) is 0 Å². The zero-order chi connectivity index (χ0) is 77.9. The summed E-state index contributed by atoms with van der Waals surface area (Å²) in [7, 11) is -9.93. The first-order chi connectivity index (χ1) is 51.3. The molecule has 0 saturated carbocycles. The van der Waals surface area contributed by atoms with Crippen molar-refractivity contribution in [2.24, 2.45) is 17.8 Å². The molecular weight excluding hydrogens is 1380 g/mol. The molecule has 0 rings (SSSR count). The van der Waals surface area contributed by atoms with Gasteiger partial charge in [-0.2, -0.15) is 0 Å². The summed E-state index contributed by atoms with van der Waals surface area (Å²) in [6, 6.07) is 0. The quantitative estimate of drug-likeness (QED) is 0.0222. The molecule has 19 heteroatoms. The normalized spacial score (nSPS) is 14.4. The molecule has 4 unspecified atom stereocenters. The van der Waals surface area contributed by atoms with Gasteiger partial charge in [0.2, 0.25) is 0 Å². The van der Waals surface area contributed by atoms with E-state index in [4.69, 9.17) is 37.0 Å². The Labute approximate surface area is 651 Å². The monoisotopic (exact) mass is 1550 g/mol. The average Bonchev–Trinajstić information content (AvgIpc) is 0.900. The van der Waals surface area contributed by atoms with Crippen LogP contribution in [0.2, 0.25) is 0 Å². The van der Waals surface area contributed by atoms with Crippen molar-refractivity contribution < 1.29 is 80.2 Å². The molecule has 0 saturated heterocycles. The Bertz CT molecular complexity index is 2050. The second kappa shape index (κ2) is 77.0. The Morgan fingerprint density at radius 2 is 0.481 bits per heavy atom. The van der Waals surface area contributed by atoms with Crippen molar-refractivity contribution >= 4 is 39.5 Å². The van der Waals surface area contributed by atoms with E-state index in [0.29, 0.717) is 25.7 Å². The largest absolute Gasteiger partial charge is 0.472 e. The Balaban J connectivity index is 5.25. The molecule has 0 bridgehead atoms. The summed E-state index contributed by atoms with van der Waals surface area (Å²) in [5.74, 6) is 0.297. The summed E-state index contributed by atoms with van der Waals surface area (Å²) in [6.07, 6.45) is 68.0. The van der Waals surface area contributed by atoms with Gasteiger partial charge >= 0.3 is 39.5 Å². The van der Waals surface area contributed by atoms with Gasteiger partial charge in [0, 0.05) is 25.7 Å². The summed E-state index contributed by atoms with van der Waals surface area (Å²) >= 11 is 0. The average molecular weight is 1550 g/mol. The summed E-state index contributed by atoms with van der Waals surface area (Å²) in [5, 5.41) is 10.7. The fourth-order valence-electron chi connectivity index (χ4n) is 13.5. The molecule has 630 valence electrons. The maximum absolute atomic E-state index is 13.2. The summed E-state index contributed by atoms with van der Waals surface area (Å²) in [6.45, 7) is 12.0. The van der Waals surface area contributed by atoms with E-state index in [0.717, 1.165) is 108 Å². The van der Waals surface area contributed by atoms with Gasteiger partial charge < -0.3 is 33.8 Å². The van der Waals surface area contributed by atoms with Crippen molar-refractivity contribution in [1.29, 1.82) is 0 Å². The molecule has 0 aliphatic carbocycles. The Morgan fingerprint density at radius 3 is 0.717 bits per heavy atom. The number of hydrogen-bond donors (Lipinski definition) is 3. The molecule has 0 aromatic carbocycles. The highest BCUT2D eigenvalue weighted by molar-refractivity contribution is 7.47. The fourth-order valence-corrected chi connectivity index (χ4v) is 15.1. The van der Waals surface area contributed by atoms with Crippen LogP contribution in [0, 0.1) is 17.8 Å². The Kier molecular flexibility index (Phi) is 75.6. The van der Waals surface area contributed by atoms with Gasteiger partial charge in [-0.15, -0.1) is 0 Å². The van der Waals surface area contributed by atoms with Crippen LogP contribution >= 0.6 is 15.6 Å². The molecule has 0 aliphatic heterocycles. The van der Waals surface area contributed by atoms with Crippen LogP contribution in [-0.4, -0.2) is 96.7 Å². The number of hydrogen-bond acceptors (Lipinski definition) is 15. The van der Waals surface area contributed by atoms with E-state index in [1.807, 2.05) is 0 Å². The predicted octanol–water partition coefficient (Wildman–Crippen LogP) is 26.5. The van der Waals surface area contributed by atoms with E-state index >= 15 is 0 Å². The molecule has 0 aliphatic rings. The van der Waals surface area contributed by atoms with Crippen LogP contribution in [0.4, 0.5) is 0 Å². The van der Waals surface area contributed by atoms with Crippen molar-refractivity contribution in [3.63, 3.8) is 0 Å². The number of carbonyl (C=O) groups is 4. The lowest BCUT2D eigenvalue weighted by atomic mass is 9.99. The van der Waals surface area contributed by atoms with E-state index in [1.165, 1.54) is 270 Å². The van der Waals surface area contributed by atoms with E-state index in [2.05, 4.69) is 48.5 Å². The standard InChI is InChI=1S/C87H170O17P2/c1-8-11-12-13-14-15-16-17-18-19-20-24-27-30-33-39-47-54-61-68-84(89)97-74-82(103-86(91)70-63-56-49-40-34-31-28-25-22-21-23-26-29-32-37-44-51-58-65-78(4)5)76-101-105(93,94)99-72-81(88)73-100-106(95,96)102-77-83(75-98-85(90)69-62-55-48-43-42-46-53-60-67-80(7)10-3)104-87(92)71-64-57-50-41-36-35-38-45-52-59-66-79(6)9-2/h78-83,88H,8-77H2,1-7H3,(H,93,94)(H,95,96)/t79?,80?,81-,82-,83-/m1/s1. The molecule has 0 amide bonds. The minimum atomic E-state index is -4.97. The highest BCUT2D eigenvalue weighted by atomic mass is 31.2. The predicted molar refractivity (Wildman–Crippen MR) is 437 cm³/mol. The number of aliphatic hydroxyl groups excluding tert-OH is 1. The van der Waals surface area contributed by atoms with Crippen LogP contribution in [0.3, 0.4) is 0 Å². The van der Waals surface area contributed by atoms with Crippen LogP contribution in [0.25, 0.3) is 0 Å². The third-order valence-electron chi connectivity index (χ3n) is 21.1. The molecule has 0 spiro atoms. The third-order valence-corrected chi connectivity index (χ3v) is 23.0. The van der Waals surface area contributed by atoms with E-state index in [1.54, 1.807) is 0 Å². The van der Waals surface area contributed by atoms with E-state index in [9.17, 15) is 43.2 Å². The van der Waals surface area contributed by atoms with Crippen LogP contribution in [0.1, 0.15) is 459 Å². The number of unbranched alkanes of at least 4 members (excludes halogenated alkanes) is 51. The zero-order valence-electron chi connectivity index (χ0n) is 69.9. The maximum Gasteiger partial charge on any atom is 0.472 e. The first-order valence-corrected chi connectivity index (χ1v) is 47.9.